The molecule has 1 aromatic heterocycles. The molecule has 82 valence electrons. The first-order valence-electron chi connectivity index (χ1n) is 5.47. The van der Waals surface area contributed by atoms with Crippen molar-refractivity contribution >= 4 is 8.51 Å². The molecule has 0 aliphatic carbocycles. The summed E-state index contributed by atoms with van der Waals surface area (Å²) in [5, 5.41) is 0. The summed E-state index contributed by atoms with van der Waals surface area (Å²) in [7, 11) is 0.296. The van der Waals surface area contributed by atoms with Gasteiger partial charge < -0.3 is 0 Å². The molecule has 3 aromatic rings. The Morgan fingerprint density at radius 3 is 1.41 bits per heavy atom. The Morgan fingerprint density at radius 1 is 0.588 bits per heavy atom. The summed E-state index contributed by atoms with van der Waals surface area (Å²) in [4.78, 5) is 0. The molecule has 0 aliphatic rings. The largest absolute Gasteiger partial charge is 0.219 e. The zero-order valence-electron chi connectivity index (χ0n) is 9.17. The minimum absolute atomic E-state index is 0.296. The lowest BCUT2D eigenvalue weighted by atomic mass is 10.1. The fourth-order valence-corrected chi connectivity index (χ4v) is 2.55. The molecule has 2 aromatic carbocycles. The van der Waals surface area contributed by atoms with E-state index < -0.39 is 0 Å². The Balaban J connectivity index is 2.13. The fraction of sp³-hybridized carbons (Fsp3) is 0. The quantitative estimate of drug-likeness (QED) is 0.677. The maximum absolute atomic E-state index is 4.50. The molecule has 0 bridgehead atoms. The van der Waals surface area contributed by atoms with Crippen LogP contribution in [0, 0.1) is 0 Å². The lowest BCUT2D eigenvalue weighted by Crippen LogP contribution is -1.82. The van der Waals surface area contributed by atoms with E-state index >= 15 is 0 Å². The summed E-state index contributed by atoms with van der Waals surface area (Å²) >= 11 is 0. The minimum atomic E-state index is 0.296. The Labute approximate surface area is 102 Å². The molecule has 0 saturated heterocycles. The van der Waals surface area contributed by atoms with Gasteiger partial charge in [0.25, 0.3) is 0 Å². The van der Waals surface area contributed by atoms with Crippen LogP contribution in [0.15, 0.2) is 60.7 Å². The SMILES string of the molecule is c1ccc(-c2n[pH]nc2-c2ccccc2)cc1. The normalized spacial score (nSPS) is 10.4. The maximum atomic E-state index is 4.50. The van der Waals surface area contributed by atoms with Crippen molar-refractivity contribution in [3.63, 3.8) is 0 Å². The molecule has 0 fully saturated rings. The van der Waals surface area contributed by atoms with E-state index in [4.69, 9.17) is 0 Å². The second-order valence-electron chi connectivity index (χ2n) is 3.75. The number of nitrogens with zero attached hydrogens (tertiary/aromatic N) is 2. The van der Waals surface area contributed by atoms with Gasteiger partial charge in [0.1, 0.15) is 11.4 Å². The molecule has 0 N–H and O–H groups in total. The molecular weight excluding hydrogens is 227 g/mol. The highest BCUT2D eigenvalue weighted by atomic mass is 31.1. The van der Waals surface area contributed by atoms with Crippen molar-refractivity contribution in [3.8, 4) is 22.5 Å². The highest BCUT2D eigenvalue weighted by Gasteiger charge is 2.10. The van der Waals surface area contributed by atoms with Gasteiger partial charge in [-0.3, -0.25) is 0 Å². The van der Waals surface area contributed by atoms with E-state index in [1.54, 1.807) is 0 Å². The van der Waals surface area contributed by atoms with Crippen LogP contribution in [0.25, 0.3) is 22.5 Å². The van der Waals surface area contributed by atoms with Crippen molar-refractivity contribution in [2.24, 2.45) is 0 Å². The van der Waals surface area contributed by atoms with E-state index in [1.165, 1.54) is 0 Å². The Hall–Kier alpha value is -1.92. The number of hydrogen-bond acceptors (Lipinski definition) is 2. The van der Waals surface area contributed by atoms with Gasteiger partial charge in [0, 0.05) is 11.1 Å². The van der Waals surface area contributed by atoms with E-state index in [1.807, 2.05) is 36.4 Å². The van der Waals surface area contributed by atoms with Crippen LogP contribution in [0.1, 0.15) is 0 Å². The van der Waals surface area contributed by atoms with Gasteiger partial charge in [0.15, 0.2) is 0 Å². The van der Waals surface area contributed by atoms with E-state index in [0.717, 1.165) is 22.5 Å². The van der Waals surface area contributed by atoms with Gasteiger partial charge in [-0.05, 0) is 0 Å². The van der Waals surface area contributed by atoms with Crippen molar-refractivity contribution < 1.29 is 0 Å². The Morgan fingerprint density at radius 2 is 1.00 bits per heavy atom. The first-order valence-corrected chi connectivity index (χ1v) is 6.36. The fourth-order valence-electron chi connectivity index (χ4n) is 1.83. The standard InChI is InChI=1S/C14H11N2P/c1-3-7-11(8-4-1)13-14(16-17-15-13)12-9-5-2-6-10-12/h1-10,17H. The summed E-state index contributed by atoms with van der Waals surface area (Å²) in [6.07, 6.45) is 0. The maximum Gasteiger partial charge on any atom is 0.102 e. The molecule has 2 nitrogen and oxygen atoms in total. The van der Waals surface area contributed by atoms with Crippen LogP contribution in [0.4, 0.5) is 0 Å². The van der Waals surface area contributed by atoms with Gasteiger partial charge in [-0.2, -0.15) is 0 Å². The zero-order chi connectivity index (χ0) is 11.5. The van der Waals surface area contributed by atoms with Crippen LogP contribution in [-0.2, 0) is 0 Å². The highest BCUT2D eigenvalue weighted by Crippen LogP contribution is 2.30. The molecule has 0 radical (unpaired) electrons. The number of benzene rings is 2. The van der Waals surface area contributed by atoms with E-state index in [2.05, 4.69) is 33.8 Å². The third-order valence-corrected chi connectivity index (χ3v) is 3.29. The van der Waals surface area contributed by atoms with Gasteiger partial charge in [-0.25, -0.2) is 9.49 Å². The van der Waals surface area contributed by atoms with Gasteiger partial charge >= 0.3 is 0 Å². The average molecular weight is 238 g/mol. The summed E-state index contributed by atoms with van der Waals surface area (Å²) in [5.74, 6) is 0. The molecule has 3 rings (SSSR count). The van der Waals surface area contributed by atoms with E-state index in [9.17, 15) is 0 Å². The molecule has 0 amide bonds. The smallest absolute Gasteiger partial charge is 0.102 e. The molecule has 0 saturated carbocycles. The van der Waals surface area contributed by atoms with Gasteiger partial charge in [-0.15, -0.1) is 0 Å². The summed E-state index contributed by atoms with van der Waals surface area (Å²) in [6.45, 7) is 0. The summed E-state index contributed by atoms with van der Waals surface area (Å²) < 4.78 is 9.01. The minimum Gasteiger partial charge on any atom is -0.219 e. The van der Waals surface area contributed by atoms with Gasteiger partial charge in [0.05, 0.1) is 8.51 Å². The lowest BCUT2D eigenvalue weighted by molar-refractivity contribution is 1.47. The van der Waals surface area contributed by atoms with Crippen LogP contribution >= 0.6 is 8.51 Å². The molecule has 0 unspecified atom stereocenters. The van der Waals surface area contributed by atoms with Crippen molar-refractivity contribution in [1.29, 1.82) is 0 Å². The first-order chi connectivity index (χ1) is 8.45. The van der Waals surface area contributed by atoms with Gasteiger partial charge in [-0.1, -0.05) is 60.7 Å². The third-order valence-electron chi connectivity index (χ3n) is 2.64. The molecule has 17 heavy (non-hydrogen) atoms. The zero-order valence-corrected chi connectivity index (χ0v) is 10.2. The van der Waals surface area contributed by atoms with Crippen LogP contribution in [0.2, 0.25) is 0 Å². The topological polar surface area (TPSA) is 25.8 Å². The van der Waals surface area contributed by atoms with E-state index in [-0.39, 0.29) is 0 Å². The van der Waals surface area contributed by atoms with Crippen molar-refractivity contribution in [1.82, 2.24) is 9.49 Å². The predicted molar refractivity (Wildman–Crippen MR) is 72.4 cm³/mol. The molecule has 3 heteroatoms. The second kappa shape index (κ2) is 4.52. The van der Waals surface area contributed by atoms with Crippen LogP contribution in [0.5, 0.6) is 0 Å². The predicted octanol–water partition coefficient (Wildman–Crippen LogP) is 3.84. The van der Waals surface area contributed by atoms with Crippen LogP contribution in [0.3, 0.4) is 0 Å². The average Bonchev–Trinajstić information content (AvgIpc) is 2.90. The first kappa shape index (κ1) is 10.2. The Kier molecular flexibility index (Phi) is 2.73. The molecule has 0 atom stereocenters. The highest BCUT2D eigenvalue weighted by molar-refractivity contribution is 7.20. The Bertz CT molecular complexity index is 548. The number of rotatable bonds is 2. The summed E-state index contributed by atoms with van der Waals surface area (Å²) in [5.41, 5.74) is 4.30. The van der Waals surface area contributed by atoms with Crippen LogP contribution in [-0.4, -0.2) is 9.49 Å². The second-order valence-corrected chi connectivity index (χ2v) is 4.40. The number of aromatic nitrogens is 2. The molecular formula is C14H11N2P. The third kappa shape index (κ3) is 2.00. The molecule has 1 heterocycles. The molecule has 0 spiro atoms. The molecule has 0 aliphatic heterocycles. The lowest BCUT2D eigenvalue weighted by Gasteiger charge is -2.01. The van der Waals surface area contributed by atoms with Crippen molar-refractivity contribution in [2.75, 3.05) is 0 Å². The monoisotopic (exact) mass is 238 g/mol. The number of hydrogen-bond donors (Lipinski definition) is 0. The van der Waals surface area contributed by atoms with E-state index in [0.29, 0.717) is 8.51 Å². The van der Waals surface area contributed by atoms with Crippen molar-refractivity contribution in [2.45, 2.75) is 0 Å². The van der Waals surface area contributed by atoms with Gasteiger partial charge in [0.2, 0.25) is 0 Å². The van der Waals surface area contributed by atoms with Crippen LogP contribution < -0.4 is 0 Å². The van der Waals surface area contributed by atoms with Crippen molar-refractivity contribution in [3.05, 3.63) is 60.7 Å². The summed E-state index contributed by atoms with van der Waals surface area (Å²) in [6, 6.07) is 20.5.